The minimum Gasteiger partial charge on any atom is -0.396 e. The standard InChI is InChI=1S/C16H13ClF2N4O/c1-9(24)14(21-7-10-4-2-3-5-11(10)18)6-13(20)16-22-8-12(19)15(17)23-16/h2-6,8H,7,20H2,1H3. The summed E-state index contributed by atoms with van der Waals surface area (Å²) >= 11 is 5.57. The lowest BCUT2D eigenvalue weighted by molar-refractivity contribution is -0.111. The summed E-state index contributed by atoms with van der Waals surface area (Å²) in [6, 6.07) is 6.09. The monoisotopic (exact) mass is 350 g/mol. The zero-order valence-electron chi connectivity index (χ0n) is 12.6. The van der Waals surface area contributed by atoms with Crippen LogP contribution in [0, 0.1) is 11.6 Å². The van der Waals surface area contributed by atoms with Crippen LogP contribution in [0.5, 0.6) is 0 Å². The highest BCUT2D eigenvalue weighted by molar-refractivity contribution is 6.44. The third kappa shape index (κ3) is 4.42. The van der Waals surface area contributed by atoms with Crippen LogP contribution in [0.25, 0.3) is 5.70 Å². The average molecular weight is 351 g/mol. The Morgan fingerprint density at radius 3 is 2.67 bits per heavy atom. The number of nitrogens with zero attached hydrogens (tertiary/aromatic N) is 3. The number of carbonyl (C=O) groups is 1. The third-order valence-corrected chi connectivity index (χ3v) is 3.26. The summed E-state index contributed by atoms with van der Waals surface area (Å²) in [6.45, 7) is 1.26. The molecular formula is C16H13ClF2N4O. The lowest BCUT2D eigenvalue weighted by Crippen LogP contribution is -2.12. The summed E-state index contributed by atoms with van der Waals surface area (Å²) in [6.07, 6.45) is 2.11. The van der Waals surface area contributed by atoms with Crippen LogP contribution in [0.15, 0.2) is 41.5 Å². The number of carbonyl (C=O) groups excluding carboxylic acids is 1. The number of ketones is 1. The number of allylic oxidation sites excluding steroid dienone is 1. The van der Waals surface area contributed by atoms with Crippen molar-refractivity contribution in [3.05, 3.63) is 64.7 Å². The molecule has 5 nitrogen and oxygen atoms in total. The molecule has 1 aromatic heterocycles. The van der Waals surface area contributed by atoms with Crippen LogP contribution < -0.4 is 5.73 Å². The molecule has 0 unspecified atom stereocenters. The molecule has 124 valence electrons. The fourth-order valence-corrected chi connectivity index (χ4v) is 1.88. The number of rotatable bonds is 5. The molecule has 0 bridgehead atoms. The number of benzene rings is 1. The summed E-state index contributed by atoms with van der Waals surface area (Å²) in [7, 11) is 0. The van der Waals surface area contributed by atoms with E-state index in [4.69, 9.17) is 17.3 Å². The van der Waals surface area contributed by atoms with E-state index in [9.17, 15) is 13.6 Å². The molecule has 8 heteroatoms. The van der Waals surface area contributed by atoms with Crippen molar-refractivity contribution in [2.45, 2.75) is 13.5 Å². The number of Topliss-reactive ketones (excluding diaryl/α,β-unsaturated/α-hetero) is 1. The highest BCUT2D eigenvalue weighted by Crippen LogP contribution is 2.13. The molecular weight excluding hydrogens is 338 g/mol. The van der Waals surface area contributed by atoms with Crippen molar-refractivity contribution in [2.75, 3.05) is 0 Å². The molecule has 0 saturated carbocycles. The predicted octanol–water partition coefficient (Wildman–Crippen LogP) is 2.94. The largest absolute Gasteiger partial charge is 0.396 e. The molecule has 2 rings (SSSR count). The van der Waals surface area contributed by atoms with Gasteiger partial charge in [-0.15, -0.1) is 0 Å². The van der Waals surface area contributed by atoms with Crippen molar-refractivity contribution in [3.8, 4) is 0 Å². The van der Waals surface area contributed by atoms with Gasteiger partial charge in [-0.25, -0.2) is 18.7 Å². The molecule has 24 heavy (non-hydrogen) atoms. The first-order chi connectivity index (χ1) is 11.4. The summed E-state index contributed by atoms with van der Waals surface area (Å²) in [5.41, 5.74) is 6.14. The van der Waals surface area contributed by atoms with Gasteiger partial charge in [0.2, 0.25) is 0 Å². The molecule has 0 atom stereocenters. The number of aromatic nitrogens is 2. The van der Waals surface area contributed by atoms with Gasteiger partial charge in [-0.05, 0) is 12.1 Å². The molecule has 2 N–H and O–H groups in total. The molecule has 0 radical (unpaired) electrons. The Balaban J connectivity index is 2.30. The van der Waals surface area contributed by atoms with E-state index in [1.54, 1.807) is 18.2 Å². The van der Waals surface area contributed by atoms with Crippen LogP contribution in [0.2, 0.25) is 5.15 Å². The van der Waals surface area contributed by atoms with Gasteiger partial charge in [-0.1, -0.05) is 29.8 Å². The third-order valence-electron chi connectivity index (χ3n) is 2.99. The maximum Gasteiger partial charge on any atom is 0.178 e. The number of nitrogens with two attached hydrogens (primary N) is 1. The lowest BCUT2D eigenvalue weighted by Gasteiger charge is -2.03. The first-order valence-electron chi connectivity index (χ1n) is 6.83. The second kappa shape index (κ2) is 7.74. The van der Waals surface area contributed by atoms with E-state index in [2.05, 4.69) is 15.0 Å². The summed E-state index contributed by atoms with van der Waals surface area (Å²) in [5, 5.41) is -0.385. The van der Waals surface area contributed by atoms with Crippen molar-refractivity contribution in [3.63, 3.8) is 0 Å². The normalized spacial score (nSPS) is 12.3. The van der Waals surface area contributed by atoms with Gasteiger partial charge in [-0.3, -0.25) is 9.79 Å². The van der Waals surface area contributed by atoms with E-state index in [-0.39, 0.29) is 34.7 Å². The molecule has 0 spiro atoms. The Hall–Kier alpha value is -2.67. The van der Waals surface area contributed by atoms with E-state index >= 15 is 0 Å². The van der Waals surface area contributed by atoms with Crippen LogP contribution in [0.1, 0.15) is 18.3 Å². The zero-order valence-corrected chi connectivity index (χ0v) is 13.4. The molecule has 0 amide bonds. The van der Waals surface area contributed by atoms with Gasteiger partial charge in [0.1, 0.15) is 11.5 Å². The van der Waals surface area contributed by atoms with Gasteiger partial charge < -0.3 is 5.73 Å². The van der Waals surface area contributed by atoms with Gasteiger partial charge in [0.15, 0.2) is 22.6 Å². The van der Waals surface area contributed by atoms with Crippen molar-refractivity contribution >= 4 is 28.8 Å². The Morgan fingerprint density at radius 1 is 1.33 bits per heavy atom. The van der Waals surface area contributed by atoms with Gasteiger partial charge in [0.05, 0.1) is 18.4 Å². The minimum absolute atomic E-state index is 0.0137. The molecule has 2 aromatic rings. The van der Waals surface area contributed by atoms with Gasteiger partial charge in [-0.2, -0.15) is 0 Å². The van der Waals surface area contributed by atoms with E-state index in [1.807, 2.05) is 0 Å². The number of halogens is 3. The Labute approximate surface area is 141 Å². The van der Waals surface area contributed by atoms with Crippen LogP contribution in [-0.2, 0) is 11.3 Å². The Bertz CT molecular complexity index is 837. The second-order valence-corrected chi connectivity index (χ2v) is 5.14. The molecule has 1 aromatic carbocycles. The van der Waals surface area contributed by atoms with Crippen LogP contribution in [0.4, 0.5) is 8.78 Å². The highest BCUT2D eigenvalue weighted by Gasteiger charge is 2.10. The first-order valence-corrected chi connectivity index (χ1v) is 7.20. The van der Waals surface area contributed by atoms with Crippen molar-refractivity contribution in [1.82, 2.24) is 9.97 Å². The molecule has 0 fully saturated rings. The molecule has 0 aliphatic carbocycles. The quantitative estimate of drug-likeness (QED) is 0.664. The summed E-state index contributed by atoms with van der Waals surface area (Å²) in [4.78, 5) is 23.1. The van der Waals surface area contributed by atoms with Crippen LogP contribution >= 0.6 is 11.6 Å². The van der Waals surface area contributed by atoms with Crippen molar-refractivity contribution in [1.29, 1.82) is 0 Å². The maximum absolute atomic E-state index is 13.6. The topological polar surface area (TPSA) is 81.2 Å². The Kier molecular flexibility index (Phi) is 5.70. The molecule has 0 aliphatic rings. The lowest BCUT2D eigenvalue weighted by atomic mass is 10.2. The average Bonchev–Trinajstić information content (AvgIpc) is 2.54. The Morgan fingerprint density at radius 2 is 2.04 bits per heavy atom. The maximum atomic E-state index is 13.6. The van der Waals surface area contributed by atoms with E-state index in [1.165, 1.54) is 19.1 Å². The van der Waals surface area contributed by atoms with Crippen LogP contribution in [0.3, 0.4) is 0 Å². The number of hydrogen-bond acceptors (Lipinski definition) is 5. The second-order valence-electron chi connectivity index (χ2n) is 4.78. The van der Waals surface area contributed by atoms with Crippen molar-refractivity contribution < 1.29 is 13.6 Å². The van der Waals surface area contributed by atoms with Crippen molar-refractivity contribution in [2.24, 2.45) is 10.7 Å². The van der Waals surface area contributed by atoms with E-state index in [0.717, 1.165) is 6.20 Å². The molecule has 0 saturated heterocycles. The van der Waals surface area contributed by atoms with E-state index in [0.29, 0.717) is 5.56 Å². The van der Waals surface area contributed by atoms with Gasteiger partial charge in [0, 0.05) is 12.5 Å². The predicted molar refractivity (Wildman–Crippen MR) is 87.4 cm³/mol. The molecule has 0 aliphatic heterocycles. The van der Waals surface area contributed by atoms with Crippen LogP contribution in [-0.4, -0.2) is 21.5 Å². The summed E-state index contributed by atoms with van der Waals surface area (Å²) < 4.78 is 26.7. The number of hydrogen-bond donors (Lipinski definition) is 1. The SMILES string of the molecule is CC(=O)C(C=C(N)c1ncc(F)c(Cl)n1)=NCc1ccccc1F. The fraction of sp³-hybridized carbons (Fsp3) is 0.125. The first kappa shape index (κ1) is 17.7. The zero-order chi connectivity index (χ0) is 17.7. The van der Waals surface area contributed by atoms with E-state index < -0.39 is 11.6 Å². The molecule has 1 heterocycles. The van der Waals surface area contributed by atoms with Gasteiger partial charge >= 0.3 is 0 Å². The number of aliphatic imine (C=N–C) groups is 1. The van der Waals surface area contributed by atoms with Gasteiger partial charge in [0.25, 0.3) is 0 Å². The fourth-order valence-electron chi connectivity index (χ4n) is 1.75. The smallest absolute Gasteiger partial charge is 0.178 e. The summed E-state index contributed by atoms with van der Waals surface area (Å²) in [5.74, 6) is -1.62. The minimum atomic E-state index is -0.784. The highest BCUT2D eigenvalue weighted by atomic mass is 35.5.